The summed E-state index contributed by atoms with van der Waals surface area (Å²) in [5.41, 5.74) is -2.77. The molecule has 11 heterocycles. The van der Waals surface area contributed by atoms with Crippen molar-refractivity contribution in [1.82, 2.24) is 5.32 Å². The Hall–Kier alpha value is -2.44. The van der Waals surface area contributed by atoms with E-state index in [4.69, 9.17) is 52.1 Å². The van der Waals surface area contributed by atoms with Crippen LogP contribution < -0.4 is 5.32 Å². The Morgan fingerprint density at radius 1 is 0.690 bits per heavy atom. The minimum Gasteiger partial charge on any atom is -0.480 e. The molecule has 11 aliphatic rings. The molecular formula is C67H105NO18S. The van der Waals surface area contributed by atoms with Crippen LogP contribution in [0.3, 0.4) is 0 Å². The summed E-state index contributed by atoms with van der Waals surface area (Å²) >= 11 is 0. The second-order valence-corrected chi connectivity index (χ2v) is 31.1. The number of hydrogen-bond acceptors (Lipinski definition) is 17. The van der Waals surface area contributed by atoms with Crippen LogP contribution >= 0.6 is 0 Å². The lowest BCUT2D eigenvalue weighted by atomic mass is 9.72. The van der Waals surface area contributed by atoms with Gasteiger partial charge in [0.2, 0.25) is 5.91 Å². The number of hydrogen-bond donors (Lipinski definition) is 4. The molecule has 0 spiro atoms. The van der Waals surface area contributed by atoms with Gasteiger partial charge in [-0.05, 0) is 97.5 Å². The van der Waals surface area contributed by atoms with Crippen molar-refractivity contribution in [2.24, 2.45) is 11.8 Å². The molecule has 26 atom stereocenters. The molecule has 492 valence electrons. The minimum absolute atomic E-state index is 0.0189. The first kappa shape index (κ1) is 66.0. The number of nitrogens with one attached hydrogen (secondary N) is 1. The van der Waals surface area contributed by atoms with E-state index in [9.17, 15) is 33.9 Å². The quantitative estimate of drug-likeness (QED) is 0.0479. The van der Waals surface area contributed by atoms with Gasteiger partial charge >= 0.3 is 11.9 Å². The van der Waals surface area contributed by atoms with E-state index in [0.29, 0.717) is 57.8 Å². The van der Waals surface area contributed by atoms with Gasteiger partial charge in [0.15, 0.2) is 0 Å². The average Bonchev–Trinajstić information content (AvgIpc) is 1.72. The lowest BCUT2D eigenvalue weighted by molar-refractivity contribution is -0.356. The Bertz CT molecular complexity index is 2500. The lowest BCUT2D eigenvalue weighted by Gasteiger charge is -2.60. The molecule has 26 unspecified atom stereocenters. The molecule has 0 bridgehead atoms. The molecule has 87 heavy (non-hydrogen) atoms. The van der Waals surface area contributed by atoms with Gasteiger partial charge in [0, 0.05) is 80.6 Å². The molecule has 11 rings (SSSR count). The molecule has 11 aliphatic heterocycles. The van der Waals surface area contributed by atoms with Crippen molar-refractivity contribution in [3.63, 3.8) is 0 Å². The summed E-state index contributed by atoms with van der Waals surface area (Å²) in [6, 6.07) is -1.30. The molecule has 19 nitrogen and oxygen atoms in total. The number of fused-ring (bicyclic) bond motifs is 10. The van der Waals surface area contributed by atoms with Crippen molar-refractivity contribution in [1.29, 1.82) is 0 Å². The second kappa shape index (κ2) is 27.3. The zero-order valence-corrected chi connectivity index (χ0v) is 54.1. The van der Waals surface area contributed by atoms with Gasteiger partial charge in [-0.15, -0.1) is 0 Å². The Kier molecular flexibility index (Phi) is 20.7. The average molecular weight is 1240 g/mol. The van der Waals surface area contributed by atoms with E-state index in [1.54, 1.807) is 0 Å². The fourth-order valence-electron chi connectivity index (χ4n) is 17.1. The predicted octanol–water partition coefficient (Wildman–Crippen LogP) is 8.34. The summed E-state index contributed by atoms with van der Waals surface area (Å²) in [4.78, 5) is 37.3. The molecule has 0 radical (unpaired) electrons. The number of carbonyl (C=O) groups excluding carboxylic acids is 2. The van der Waals surface area contributed by atoms with Crippen LogP contribution in [0.5, 0.6) is 0 Å². The van der Waals surface area contributed by atoms with Crippen LogP contribution in [0.1, 0.15) is 209 Å². The number of aliphatic carboxylic acids is 1. The normalized spacial score (nSPS) is 45.8. The van der Waals surface area contributed by atoms with Crippen LogP contribution in [-0.2, 0) is 77.3 Å². The van der Waals surface area contributed by atoms with Gasteiger partial charge in [-0.1, -0.05) is 90.2 Å². The maximum atomic E-state index is 13.5. The Labute approximate surface area is 518 Å². The van der Waals surface area contributed by atoms with Gasteiger partial charge in [0.1, 0.15) is 30.0 Å². The van der Waals surface area contributed by atoms with Crippen LogP contribution in [-0.4, -0.2) is 193 Å². The zero-order valence-electron chi connectivity index (χ0n) is 53.2. The van der Waals surface area contributed by atoms with Gasteiger partial charge in [-0.2, -0.15) is 0 Å². The first-order chi connectivity index (χ1) is 41.5. The molecule has 0 aromatic heterocycles. The zero-order chi connectivity index (χ0) is 61.6. The first-order valence-electron chi connectivity index (χ1n) is 33.9. The number of rotatable bonds is 21. The van der Waals surface area contributed by atoms with Crippen LogP contribution in [0.25, 0.3) is 0 Å². The third-order valence-electron chi connectivity index (χ3n) is 22.4. The first-order valence-corrected chi connectivity index (χ1v) is 35.4. The van der Waals surface area contributed by atoms with E-state index in [-0.39, 0.29) is 128 Å². The van der Waals surface area contributed by atoms with Gasteiger partial charge in [0.05, 0.1) is 114 Å². The molecule has 1 amide bonds. The molecule has 9 saturated heterocycles. The minimum atomic E-state index is -1.67. The van der Waals surface area contributed by atoms with Crippen LogP contribution in [0.2, 0.25) is 0 Å². The van der Waals surface area contributed by atoms with E-state index >= 15 is 0 Å². The highest BCUT2D eigenvalue weighted by molar-refractivity contribution is 7.85. The predicted molar refractivity (Wildman–Crippen MR) is 322 cm³/mol. The van der Waals surface area contributed by atoms with Crippen molar-refractivity contribution < 1.29 is 86.0 Å². The van der Waals surface area contributed by atoms with Crippen molar-refractivity contribution in [3.05, 3.63) is 23.8 Å². The molecule has 4 N–H and O–H groups in total. The van der Waals surface area contributed by atoms with Gasteiger partial charge < -0.3 is 72.7 Å². The fraction of sp³-hybridized carbons (Fsp3) is 0.896. The number of aliphatic hydroxyl groups excluding tert-OH is 2. The van der Waals surface area contributed by atoms with Gasteiger partial charge in [0.25, 0.3) is 0 Å². The van der Waals surface area contributed by atoms with E-state index in [1.807, 2.05) is 13.8 Å². The largest absolute Gasteiger partial charge is 0.480 e. The molecule has 0 saturated carbocycles. The molecule has 0 aromatic rings. The highest BCUT2D eigenvalue weighted by Crippen LogP contribution is 2.55. The number of amides is 1. The third kappa shape index (κ3) is 14.4. The van der Waals surface area contributed by atoms with Gasteiger partial charge in [-0.25, -0.2) is 9.59 Å². The highest BCUT2D eigenvalue weighted by atomic mass is 32.2. The Morgan fingerprint density at radius 2 is 1.39 bits per heavy atom. The van der Waals surface area contributed by atoms with E-state index in [0.717, 1.165) is 44.1 Å². The van der Waals surface area contributed by atoms with Crippen molar-refractivity contribution in [2.75, 3.05) is 18.1 Å². The Morgan fingerprint density at radius 3 is 2.13 bits per heavy atom. The topological polar surface area (TPSA) is 243 Å². The third-order valence-corrected chi connectivity index (χ3v) is 23.9. The smallest absolute Gasteiger partial charge is 0.331 e. The standard InChI is InChI=1S/C67H105NO18S/c1-9-10-11-12-13-14-15-16-17-18-19-22-58(71)68-43(62(73)74)38-87(75)37-41(36-69)28-42-29-52(70)67(8)56(76-42)31-48-49(83-67)30-47-44(77-48)21-20-24-63(4)57(80-47)35-66(7)55(84-63)33-54-64(5,86-66)25-23-45-60(82-54)39(2)26-46-51(78-45)34-65(6)53(79-46)32-50-61(85-65)40(3)27-59(72)81-50/h20-21,27,39,41-57,60-61,69-70H,9-19,22-26,28-38H2,1-8H3,(H,68,71)(H,73,74). The number of carbonyl (C=O) groups is 3. The summed E-state index contributed by atoms with van der Waals surface area (Å²) in [5.74, 6) is -2.54. The second-order valence-electron chi connectivity index (χ2n) is 29.5. The number of ether oxygens (including phenoxy) is 11. The van der Waals surface area contributed by atoms with Crippen LogP contribution in [0, 0.1) is 11.8 Å². The van der Waals surface area contributed by atoms with Crippen molar-refractivity contribution in [3.8, 4) is 0 Å². The van der Waals surface area contributed by atoms with Gasteiger partial charge in [-0.3, -0.25) is 9.00 Å². The van der Waals surface area contributed by atoms with Crippen LogP contribution in [0.15, 0.2) is 23.8 Å². The highest BCUT2D eigenvalue weighted by Gasteiger charge is 2.64. The van der Waals surface area contributed by atoms with E-state index in [1.165, 1.54) is 51.0 Å². The molecule has 9 fully saturated rings. The molecule has 20 heteroatoms. The number of carboxylic acid groups (broad SMARTS) is 1. The van der Waals surface area contributed by atoms with Crippen molar-refractivity contribution >= 4 is 28.6 Å². The SMILES string of the molecule is CCCCCCCCCCCCCC(=O)NC(CS(=O)CC(CO)CC1CC(O)C2(C)OC3CC4OC5CC6(C)OC7(C)CCC8OC9CC%10(C)OC%11C(C)=CC(=O)OC%11CC%10OC9CC(C)C8OC7CC6OC5(C)CC=CC4OC3CC2O1)C(=O)O. The van der Waals surface area contributed by atoms with Crippen LogP contribution in [0.4, 0.5) is 0 Å². The summed E-state index contributed by atoms with van der Waals surface area (Å²) < 4.78 is 89.9. The number of esters is 1. The summed E-state index contributed by atoms with van der Waals surface area (Å²) in [5, 5.41) is 35.0. The Balaban J connectivity index is 0.664. The number of aliphatic hydroxyl groups is 2. The summed E-state index contributed by atoms with van der Waals surface area (Å²) in [6.45, 7) is 16.6. The summed E-state index contributed by atoms with van der Waals surface area (Å²) in [6.07, 6.45) is 19.7. The lowest BCUT2D eigenvalue weighted by Crippen LogP contribution is -2.70. The monoisotopic (exact) mass is 1240 g/mol. The maximum Gasteiger partial charge on any atom is 0.331 e. The van der Waals surface area contributed by atoms with E-state index < -0.39 is 81.1 Å². The van der Waals surface area contributed by atoms with E-state index in [2.05, 4.69) is 59.0 Å². The fourth-order valence-corrected chi connectivity index (χ4v) is 18.6. The molecular weight excluding hydrogens is 1140 g/mol. The molecule has 0 aromatic carbocycles. The van der Waals surface area contributed by atoms with Crippen molar-refractivity contribution in [2.45, 2.75) is 347 Å². The number of carboxylic acids is 1. The number of unbranched alkanes of at least 4 members (excludes halogenated alkanes) is 10. The molecule has 0 aliphatic carbocycles. The summed E-state index contributed by atoms with van der Waals surface area (Å²) in [7, 11) is -1.67. The maximum absolute atomic E-state index is 13.5.